The van der Waals surface area contributed by atoms with Gasteiger partial charge in [-0.25, -0.2) is 23.4 Å². The van der Waals surface area contributed by atoms with Crippen molar-refractivity contribution < 1.29 is 34.8 Å². The first kappa shape index (κ1) is 25.4. The van der Waals surface area contributed by atoms with Crippen LogP contribution in [0, 0.1) is 0 Å². The van der Waals surface area contributed by atoms with Gasteiger partial charge in [0.15, 0.2) is 11.5 Å². The molecule has 3 aromatic heterocycles. The average Bonchev–Trinajstić information content (AvgIpc) is 3.47. The first-order valence-electron chi connectivity index (χ1n) is 10.7. The molecule has 0 saturated carbocycles. The van der Waals surface area contributed by atoms with Crippen LogP contribution < -0.4 is 0 Å². The first-order chi connectivity index (χ1) is 17.8. The zero-order valence-electron chi connectivity index (χ0n) is 19.1. The summed E-state index contributed by atoms with van der Waals surface area (Å²) in [7, 11) is -2.86. The van der Waals surface area contributed by atoms with Gasteiger partial charge < -0.3 is 9.55 Å². The molecule has 2 aromatic carbocycles. The molecule has 0 amide bonds. The van der Waals surface area contributed by atoms with Gasteiger partial charge in [-0.15, -0.1) is 0 Å². The third-order valence-corrected chi connectivity index (χ3v) is 7.52. The van der Waals surface area contributed by atoms with Gasteiger partial charge in [-0.1, -0.05) is 18.2 Å². The van der Waals surface area contributed by atoms with Crippen molar-refractivity contribution in [3.05, 3.63) is 78.4 Å². The van der Waals surface area contributed by atoms with E-state index in [0.29, 0.717) is 0 Å². The Bertz CT molecular complexity index is 1770. The lowest BCUT2D eigenvalue weighted by molar-refractivity contribution is -0.141. The van der Waals surface area contributed by atoms with Crippen LogP contribution in [0.4, 0.5) is 26.3 Å². The number of nitrogens with zero attached hydrogens (tertiary/aromatic N) is 4. The molecule has 0 aliphatic rings. The van der Waals surface area contributed by atoms with E-state index in [1.807, 2.05) is 0 Å². The maximum Gasteiger partial charge on any atom is 0.434 e. The molecule has 3 heterocycles. The highest BCUT2D eigenvalue weighted by Gasteiger charge is 2.35. The molecular weight excluding hydrogens is 536 g/mol. The SMILES string of the molecule is Cn1cc(C(F)(F)F)nc1-c1ccc(S(=O)(=O)c2c[nH]c3cnc(-c4ccccc4C(F)(F)F)nc23)cc1. The summed E-state index contributed by atoms with van der Waals surface area (Å²) in [5.74, 6) is -0.332. The van der Waals surface area contributed by atoms with E-state index >= 15 is 0 Å². The fourth-order valence-corrected chi connectivity index (χ4v) is 5.30. The second kappa shape index (κ2) is 8.68. The van der Waals surface area contributed by atoms with Crippen molar-refractivity contribution in [3.63, 3.8) is 0 Å². The second-order valence-electron chi connectivity index (χ2n) is 8.24. The molecule has 5 aromatic rings. The number of nitrogens with one attached hydrogen (secondary N) is 1. The number of hydrogen-bond donors (Lipinski definition) is 1. The third kappa shape index (κ3) is 4.40. The lowest BCUT2D eigenvalue weighted by atomic mass is 10.1. The monoisotopic (exact) mass is 551 g/mol. The molecule has 196 valence electrons. The Labute approximate surface area is 210 Å². The lowest BCUT2D eigenvalue weighted by Crippen LogP contribution is -2.08. The summed E-state index contributed by atoms with van der Waals surface area (Å²) in [5.41, 5.74) is -2.07. The predicted molar refractivity (Wildman–Crippen MR) is 123 cm³/mol. The molecule has 0 bridgehead atoms. The zero-order chi connectivity index (χ0) is 27.5. The van der Waals surface area contributed by atoms with Crippen molar-refractivity contribution >= 4 is 20.9 Å². The Hall–Kier alpha value is -4.20. The van der Waals surface area contributed by atoms with E-state index in [1.165, 1.54) is 60.3 Å². The van der Waals surface area contributed by atoms with Crippen molar-refractivity contribution in [2.24, 2.45) is 7.05 Å². The van der Waals surface area contributed by atoms with E-state index < -0.39 is 33.4 Å². The van der Waals surface area contributed by atoms with Gasteiger partial charge >= 0.3 is 12.4 Å². The Morgan fingerprint density at radius 3 is 2.21 bits per heavy atom. The van der Waals surface area contributed by atoms with E-state index in [9.17, 15) is 34.8 Å². The van der Waals surface area contributed by atoms with E-state index in [1.54, 1.807) is 0 Å². The number of alkyl halides is 6. The van der Waals surface area contributed by atoms with Crippen LogP contribution in [-0.2, 0) is 29.2 Å². The van der Waals surface area contributed by atoms with E-state index in [0.717, 1.165) is 18.5 Å². The summed E-state index contributed by atoms with van der Waals surface area (Å²) in [4.78, 5) is 13.9. The third-order valence-electron chi connectivity index (χ3n) is 5.73. The molecule has 14 heteroatoms. The summed E-state index contributed by atoms with van der Waals surface area (Å²) < 4.78 is 107. The largest absolute Gasteiger partial charge is 0.434 e. The minimum Gasteiger partial charge on any atom is -0.357 e. The van der Waals surface area contributed by atoms with Crippen molar-refractivity contribution in [2.45, 2.75) is 22.1 Å². The second-order valence-corrected chi connectivity index (χ2v) is 10.2. The van der Waals surface area contributed by atoms with Crippen LogP contribution in [-0.4, -0.2) is 32.9 Å². The average molecular weight is 551 g/mol. The Kier molecular flexibility index (Phi) is 5.82. The number of hydrogen-bond acceptors (Lipinski definition) is 5. The molecule has 0 atom stereocenters. The summed E-state index contributed by atoms with van der Waals surface area (Å²) in [6.45, 7) is 0. The van der Waals surface area contributed by atoms with Gasteiger partial charge in [-0.2, -0.15) is 26.3 Å². The molecular formula is C24H15F6N5O2S. The predicted octanol–water partition coefficient (Wildman–Crippen LogP) is 5.90. The van der Waals surface area contributed by atoms with Crippen molar-refractivity contribution in [2.75, 3.05) is 0 Å². The number of imidazole rings is 1. The van der Waals surface area contributed by atoms with E-state index in [4.69, 9.17) is 0 Å². The number of benzene rings is 2. The van der Waals surface area contributed by atoms with Crippen LogP contribution in [0.1, 0.15) is 11.3 Å². The fourth-order valence-electron chi connectivity index (χ4n) is 3.93. The summed E-state index contributed by atoms with van der Waals surface area (Å²) in [6, 6.07) is 9.68. The molecule has 7 nitrogen and oxygen atoms in total. The number of fused-ring (bicyclic) bond motifs is 1. The molecule has 5 rings (SSSR count). The summed E-state index contributed by atoms with van der Waals surface area (Å²) in [5, 5.41) is 0. The van der Waals surface area contributed by atoms with Crippen LogP contribution in [0.3, 0.4) is 0 Å². The van der Waals surface area contributed by atoms with Gasteiger partial charge in [-0.05, 0) is 30.3 Å². The minimum absolute atomic E-state index is 0.0194. The summed E-state index contributed by atoms with van der Waals surface area (Å²) in [6.07, 6.45) is -6.17. The van der Waals surface area contributed by atoms with Crippen molar-refractivity contribution in [1.29, 1.82) is 0 Å². The smallest absolute Gasteiger partial charge is 0.357 e. The van der Waals surface area contributed by atoms with E-state index in [-0.39, 0.29) is 43.6 Å². The van der Waals surface area contributed by atoms with Gasteiger partial charge in [0.1, 0.15) is 16.2 Å². The maximum atomic E-state index is 13.5. The Morgan fingerprint density at radius 2 is 1.58 bits per heavy atom. The molecule has 0 fully saturated rings. The highest BCUT2D eigenvalue weighted by molar-refractivity contribution is 7.91. The quantitative estimate of drug-likeness (QED) is 0.281. The number of rotatable bonds is 4. The highest BCUT2D eigenvalue weighted by Crippen LogP contribution is 2.37. The van der Waals surface area contributed by atoms with Crippen molar-refractivity contribution in [1.82, 2.24) is 24.5 Å². The topological polar surface area (TPSA) is 93.5 Å². The normalized spacial score (nSPS) is 12.8. The standard InChI is InChI=1S/C24H15F6N5O2S/c1-35-12-19(24(28,29)30)33-22(35)13-6-8-14(9-7-13)38(36,37)18-11-31-17-10-32-21(34-20(17)18)15-4-2-3-5-16(15)23(25,26)27/h2-12,31H,1H3. The van der Waals surface area contributed by atoms with Crippen molar-refractivity contribution in [3.8, 4) is 22.8 Å². The number of aromatic amines is 1. The van der Waals surface area contributed by atoms with Crippen LogP contribution in [0.15, 0.2) is 76.9 Å². The zero-order valence-corrected chi connectivity index (χ0v) is 19.9. The molecule has 0 aliphatic carbocycles. The number of halogens is 6. The fraction of sp³-hybridized carbons (Fsp3) is 0.125. The molecule has 0 unspecified atom stereocenters. The molecule has 0 saturated heterocycles. The maximum absolute atomic E-state index is 13.5. The van der Waals surface area contributed by atoms with Crippen LogP contribution in [0.5, 0.6) is 0 Å². The molecule has 0 aliphatic heterocycles. The molecule has 38 heavy (non-hydrogen) atoms. The van der Waals surface area contributed by atoms with Gasteiger partial charge in [0.2, 0.25) is 9.84 Å². The van der Waals surface area contributed by atoms with Gasteiger partial charge in [0, 0.05) is 30.6 Å². The van der Waals surface area contributed by atoms with Gasteiger partial charge in [0.05, 0.1) is 22.2 Å². The number of aromatic nitrogens is 5. The Morgan fingerprint density at radius 1 is 0.895 bits per heavy atom. The molecule has 1 N–H and O–H groups in total. The Balaban J connectivity index is 1.55. The van der Waals surface area contributed by atoms with Gasteiger partial charge in [0.25, 0.3) is 0 Å². The summed E-state index contributed by atoms with van der Waals surface area (Å²) >= 11 is 0. The minimum atomic E-state index is -4.68. The highest BCUT2D eigenvalue weighted by atomic mass is 32.2. The lowest BCUT2D eigenvalue weighted by Gasteiger charge is -2.11. The molecule has 0 radical (unpaired) electrons. The van der Waals surface area contributed by atoms with Crippen LogP contribution in [0.2, 0.25) is 0 Å². The van der Waals surface area contributed by atoms with Crippen LogP contribution >= 0.6 is 0 Å². The van der Waals surface area contributed by atoms with E-state index in [2.05, 4.69) is 19.9 Å². The van der Waals surface area contributed by atoms with Crippen LogP contribution in [0.25, 0.3) is 33.8 Å². The van der Waals surface area contributed by atoms with Gasteiger partial charge in [-0.3, -0.25) is 0 Å². The number of aryl methyl sites for hydroxylation is 1. The number of sulfone groups is 1. The number of H-pyrrole nitrogens is 1. The first-order valence-corrected chi connectivity index (χ1v) is 12.2. The molecule has 0 spiro atoms.